The lowest BCUT2D eigenvalue weighted by Crippen LogP contribution is -2.61. The molecule has 10 atom stereocenters. The van der Waals surface area contributed by atoms with E-state index in [0.717, 1.165) is 0 Å². The van der Waals surface area contributed by atoms with E-state index in [1.807, 2.05) is 0 Å². The number of hydrogen-bond donors (Lipinski definition) is 8. The fraction of sp³-hybridized carbons (Fsp3) is 1.00. The quantitative estimate of drug-likeness (QED) is 0.243. The van der Waals surface area contributed by atoms with Gasteiger partial charge in [0.25, 0.3) is 0 Å². The molecule has 0 aliphatic carbocycles. The zero-order valence-corrected chi connectivity index (χ0v) is 12.0. The summed E-state index contributed by atoms with van der Waals surface area (Å²) in [5.74, 6) is 0. The summed E-state index contributed by atoms with van der Waals surface area (Å²) < 4.78 is 15.1. The van der Waals surface area contributed by atoms with Crippen molar-refractivity contribution in [3.63, 3.8) is 0 Å². The van der Waals surface area contributed by atoms with Crippen LogP contribution in [0.5, 0.6) is 0 Å². The average Bonchev–Trinajstić information content (AvgIpc) is 2.54. The van der Waals surface area contributed by atoms with Gasteiger partial charge in [-0.15, -0.1) is 0 Å². The smallest absolute Gasteiger partial charge is 0.186 e. The molecule has 2 saturated heterocycles. The average molecular weight is 342 g/mol. The summed E-state index contributed by atoms with van der Waals surface area (Å²) in [6, 6.07) is 0. The standard InChI is InChI=1S/C12H22O11/c13-1-3-5(14)8(17)10(19)12(23-3)21-2-4-6(15)7(16)9(18)11(20)22-4/h3-20H,1-2H2/t3?,4?,5-,6-,7?,8?,9?,10?,11+,12+/m0/s1. The van der Waals surface area contributed by atoms with Gasteiger partial charge >= 0.3 is 0 Å². The molecule has 0 aromatic heterocycles. The Bertz CT molecular complexity index is 380. The van der Waals surface area contributed by atoms with Crippen LogP contribution in [0.3, 0.4) is 0 Å². The van der Waals surface area contributed by atoms with Crippen LogP contribution in [-0.2, 0) is 14.2 Å². The van der Waals surface area contributed by atoms with E-state index in [1.54, 1.807) is 0 Å². The predicted octanol–water partition coefficient (Wildman–Crippen LogP) is -5.40. The minimum atomic E-state index is -1.74. The molecule has 2 fully saturated rings. The van der Waals surface area contributed by atoms with Gasteiger partial charge in [0.1, 0.15) is 48.8 Å². The highest BCUT2D eigenvalue weighted by Crippen LogP contribution is 2.24. The van der Waals surface area contributed by atoms with Crippen molar-refractivity contribution < 1.29 is 55.1 Å². The molecule has 23 heavy (non-hydrogen) atoms. The predicted molar refractivity (Wildman–Crippen MR) is 68.6 cm³/mol. The molecule has 0 aromatic carbocycles. The number of aliphatic hydroxyl groups is 8. The van der Waals surface area contributed by atoms with E-state index in [0.29, 0.717) is 0 Å². The third-order valence-corrected chi connectivity index (χ3v) is 3.96. The molecule has 0 spiro atoms. The van der Waals surface area contributed by atoms with Crippen molar-refractivity contribution in [1.82, 2.24) is 0 Å². The summed E-state index contributed by atoms with van der Waals surface area (Å²) in [4.78, 5) is 0. The van der Waals surface area contributed by atoms with Crippen LogP contribution in [-0.4, -0.2) is 115 Å². The second-order valence-electron chi connectivity index (χ2n) is 5.57. The molecule has 2 aliphatic heterocycles. The van der Waals surface area contributed by atoms with Gasteiger partial charge in [0.05, 0.1) is 13.2 Å². The van der Waals surface area contributed by atoms with Crippen molar-refractivity contribution in [3.8, 4) is 0 Å². The Kier molecular flexibility index (Phi) is 6.27. The summed E-state index contributed by atoms with van der Waals surface area (Å²) in [5.41, 5.74) is 0. The summed E-state index contributed by atoms with van der Waals surface area (Å²) in [6.07, 6.45) is -15.3. The monoisotopic (exact) mass is 342 g/mol. The maximum atomic E-state index is 9.78. The van der Waals surface area contributed by atoms with Gasteiger partial charge in [-0.3, -0.25) is 0 Å². The van der Waals surface area contributed by atoms with Crippen LogP contribution in [0, 0.1) is 0 Å². The second-order valence-corrected chi connectivity index (χ2v) is 5.57. The molecule has 2 aliphatic rings. The molecule has 0 amide bonds. The normalized spacial score (nSPS) is 51.7. The molecular formula is C12H22O11. The first kappa shape index (κ1) is 18.9. The van der Waals surface area contributed by atoms with Gasteiger partial charge in [-0.05, 0) is 0 Å². The molecule has 0 bridgehead atoms. The number of ether oxygens (including phenoxy) is 3. The summed E-state index contributed by atoms with van der Waals surface area (Å²) in [7, 11) is 0. The Labute approximate surface area is 130 Å². The highest BCUT2D eigenvalue weighted by molar-refractivity contribution is 4.91. The first-order chi connectivity index (χ1) is 10.8. The van der Waals surface area contributed by atoms with Crippen molar-refractivity contribution in [2.24, 2.45) is 0 Å². The molecule has 0 radical (unpaired) electrons. The third-order valence-electron chi connectivity index (χ3n) is 3.96. The van der Waals surface area contributed by atoms with Crippen molar-refractivity contribution in [2.45, 2.75) is 61.4 Å². The van der Waals surface area contributed by atoms with Crippen LogP contribution >= 0.6 is 0 Å². The second kappa shape index (κ2) is 7.63. The van der Waals surface area contributed by atoms with Crippen LogP contribution in [0.2, 0.25) is 0 Å². The molecule has 11 nitrogen and oxygen atoms in total. The van der Waals surface area contributed by atoms with Gasteiger partial charge in [0.15, 0.2) is 12.6 Å². The molecule has 2 rings (SSSR count). The van der Waals surface area contributed by atoms with Crippen molar-refractivity contribution in [2.75, 3.05) is 13.2 Å². The number of aliphatic hydroxyl groups excluding tert-OH is 8. The zero-order chi connectivity index (χ0) is 17.3. The molecular weight excluding hydrogens is 320 g/mol. The molecule has 8 N–H and O–H groups in total. The first-order valence-electron chi connectivity index (χ1n) is 7.07. The first-order valence-corrected chi connectivity index (χ1v) is 7.07. The summed E-state index contributed by atoms with van der Waals surface area (Å²) in [6.45, 7) is -1.10. The van der Waals surface area contributed by atoms with E-state index in [-0.39, 0.29) is 0 Å². The molecule has 136 valence electrons. The summed E-state index contributed by atoms with van der Waals surface area (Å²) >= 11 is 0. The Morgan fingerprint density at radius 2 is 1.22 bits per heavy atom. The SMILES string of the molecule is OCC1O[C@@H](OCC2O[C@@H](O)C(O)C(O)[C@H]2O)C(O)C(O)[C@H]1O. The highest BCUT2D eigenvalue weighted by Gasteiger charge is 2.46. The van der Waals surface area contributed by atoms with Gasteiger partial charge in [0, 0.05) is 0 Å². The Hall–Kier alpha value is -0.440. The third kappa shape index (κ3) is 3.81. The van der Waals surface area contributed by atoms with Gasteiger partial charge in [-0.25, -0.2) is 0 Å². The van der Waals surface area contributed by atoms with E-state index in [9.17, 15) is 35.7 Å². The molecule has 6 unspecified atom stereocenters. The van der Waals surface area contributed by atoms with E-state index < -0.39 is 74.6 Å². The fourth-order valence-electron chi connectivity index (χ4n) is 2.46. The van der Waals surface area contributed by atoms with E-state index in [4.69, 9.17) is 19.3 Å². The van der Waals surface area contributed by atoms with Crippen LogP contribution in [0.15, 0.2) is 0 Å². The zero-order valence-electron chi connectivity index (χ0n) is 12.0. The number of rotatable bonds is 4. The van der Waals surface area contributed by atoms with Crippen molar-refractivity contribution in [3.05, 3.63) is 0 Å². The largest absolute Gasteiger partial charge is 0.394 e. The molecule has 2 heterocycles. The van der Waals surface area contributed by atoms with Gasteiger partial charge in [-0.2, -0.15) is 0 Å². The summed E-state index contributed by atoms with van der Waals surface area (Å²) in [5, 5.41) is 76.1. The lowest BCUT2D eigenvalue weighted by atomic mass is 9.98. The van der Waals surface area contributed by atoms with Crippen molar-refractivity contribution >= 4 is 0 Å². The molecule has 0 aromatic rings. The number of hydrogen-bond acceptors (Lipinski definition) is 11. The van der Waals surface area contributed by atoms with Crippen LogP contribution in [0.25, 0.3) is 0 Å². The Morgan fingerprint density at radius 3 is 1.83 bits per heavy atom. The van der Waals surface area contributed by atoms with Gasteiger partial charge in [0.2, 0.25) is 0 Å². The van der Waals surface area contributed by atoms with Gasteiger partial charge in [-0.1, -0.05) is 0 Å². The van der Waals surface area contributed by atoms with E-state index >= 15 is 0 Å². The maximum Gasteiger partial charge on any atom is 0.186 e. The fourth-order valence-corrected chi connectivity index (χ4v) is 2.46. The van der Waals surface area contributed by atoms with E-state index in [2.05, 4.69) is 0 Å². The molecule has 11 heteroatoms. The minimum absolute atomic E-state index is 0.468. The highest BCUT2D eigenvalue weighted by atomic mass is 16.7. The minimum Gasteiger partial charge on any atom is -0.394 e. The maximum absolute atomic E-state index is 9.78. The molecule has 0 saturated carbocycles. The Morgan fingerprint density at radius 1 is 0.652 bits per heavy atom. The topological polar surface area (TPSA) is 190 Å². The van der Waals surface area contributed by atoms with Crippen molar-refractivity contribution in [1.29, 1.82) is 0 Å². The lowest BCUT2D eigenvalue weighted by molar-refractivity contribution is -0.325. The van der Waals surface area contributed by atoms with E-state index in [1.165, 1.54) is 0 Å². The van der Waals surface area contributed by atoms with Crippen LogP contribution in [0.4, 0.5) is 0 Å². The lowest BCUT2D eigenvalue weighted by Gasteiger charge is -2.41. The van der Waals surface area contributed by atoms with Crippen LogP contribution < -0.4 is 0 Å². The Balaban J connectivity index is 1.94. The van der Waals surface area contributed by atoms with Gasteiger partial charge < -0.3 is 55.1 Å². The van der Waals surface area contributed by atoms with Crippen LogP contribution in [0.1, 0.15) is 0 Å².